The van der Waals surface area contributed by atoms with Gasteiger partial charge in [-0.1, -0.05) is 30.6 Å². The summed E-state index contributed by atoms with van der Waals surface area (Å²) in [5, 5.41) is 21.2. The molecule has 0 saturated heterocycles. The number of carbonyl (C=O) groups excluding carboxylic acids is 6. The third-order valence-electron chi connectivity index (χ3n) is 10.7. The number of amides is 6. The van der Waals surface area contributed by atoms with Crippen molar-refractivity contribution in [1.29, 1.82) is 0 Å². The van der Waals surface area contributed by atoms with Crippen molar-refractivity contribution in [2.45, 2.75) is 114 Å². The maximum absolute atomic E-state index is 12.7. The van der Waals surface area contributed by atoms with E-state index >= 15 is 0 Å². The van der Waals surface area contributed by atoms with Gasteiger partial charge in [0, 0.05) is 66.5 Å². The summed E-state index contributed by atoms with van der Waals surface area (Å²) in [6.45, 7) is 18.0. The summed E-state index contributed by atoms with van der Waals surface area (Å²) in [5.41, 5.74) is 10.6. The predicted octanol–water partition coefficient (Wildman–Crippen LogP) is 11.7. The van der Waals surface area contributed by atoms with Crippen LogP contribution in [0.5, 0.6) is 0 Å². The molecule has 7 rings (SSSR count). The van der Waals surface area contributed by atoms with E-state index in [1.165, 1.54) is 0 Å². The number of halogens is 6. The number of hydrazine groups is 1. The number of alkyl halides is 2. The Morgan fingerprint density at radius 1 is 0.610 bits per heavy atom. The number of aromatic nitrogens is 6. The molecule has 0 fully saturated rings. The van der Waals surface area contributed by atoms with Crippen molar-refractivity contribution in [3.05, 3.63) is 135 Å². The molecule has 0 bridgehead atoms. The standard InChI is InChI=1S/C26H28ClIN6O5.C26H26ClIN6O4.C2H4Cl2.CH4/c1-13-6-20(32-25(38)39-26(3,4)5)31-14(2)18(13)12-30-23(36)24(37)34-33-21(35)9-15-7-16-10-17(27)11-29-22(16)19(28)8-15;1-13-6-20(32-25(36)38-26(3,4)5)31-14(2)18(13)12-30-23(35)24-34-33-21(37-24)9-15-7-16-10-17(27)11-29-22(16)19(28)8-15;3-1-2-4;/h6-8,10-11H,9,12H2,1-5H3,(H,30,36)(H,33,35)(H,34,37)(H,31,32,38);6-8,10-11H,9,12H2,1-5H3,(H,30,35)(H,31,32,36);1-2H2;1H4. The first-order chi connectivity index (χ1) is 38.0. The lowest BCUT2D eigenvalue weighted by atomic mass is 10.1. The summed E-state index contributed by atoms with van der Waals surface area (Å²) in [4.78, 5) is 91.0. The van der Waals surface area contributed by atoms with E-state index in [1.54, 1.807) is 99.0 Å². The number of fused-ring (bicyclic) bond motifs is 2. The van der Waals surface area contributed by atoms with Crippen LogP contribution in [-0.2, 0) is 49.8 Å². The summed E-state index contributed by atoms with van der Waals surface area (Å²) >= 11 is 26.6. The van der Waals surface area contributed by atoms with Crippen LogP contribution in [0.15, 0.2) is 65.3 Å². The Morgan fingerprint density at radius 3 is 1.54 bits per heavy atom. The minimum absolute atomic E-state index is 0. The van der Waals surface area contributed by atoms with Crippen LogP contribution in [0.25, 0.3) is 21.8 Å². The number of anilines is 2. The van der Waals surface area contributed by atoms with Gasteiger partial charge in [-0.25, -0.2) is 19.6 Å². The van der Waals surface area contributed by atoms with Gasteiger partial charge in [-0.05, 0) is 196 Å². The third-order valence-corrected chi connectivity index (χ3v) is 13.3. The fourth-order valence-electron chi connectivity index (χ4n) is 7.37. The van der Waals surface area contributed by atoms with Crippen molar-refractivity contribution in [2.75, 3.05) is 22.4 Å². The number of nitrogens with one attached hydrogen (secondary N) is 6. The van der Waals surface area contributed by atoms with E-state index in [0.717, 1.165) is 51.2 Å². The van der Waals surface area contributed by atoms with Crippen LogP contribution in [0.4, 0.5) is 21.2 Å². The summed E-state index contributed by atoms with van der Waals surface area (Å²) in [7, 11) is 0. The number of ether oxygens (including phenoxy) is 2. The molecule has 5 heterocycles. The molecule has 0 radical (unpaired) electrons. The van der Waals surface area contributed by atoms with Gasteiger partial charge in [0.05, 0.1) is 33.9 Å². The minimum atomic E-state index is -1.03. The molecule has 0 aliphatic heterocycles. The molecule has 0 saturated carbocycles. The zero-order valence-corrected chi connectivity index (χ0v) is 53.0. The van der Waals surface area contributed by atoms with Crippen LogP contribution >= 0.6 is 91.6 Å². The Balaban J connectivity index is 0.000000327. The number of hydrogen-bond acceptors (Lipinski definition) is 15. The number of hydrogen-bond donors (Lipinski definition) is 6. The Bertz CT molecular complexity index is 3440. The molecule has 0 unspecified atom stereocenters. The lowest BCUT2D eigenvalue weighted by Gasteiger charge is -2.20. The molecule has 82 heavy (non-hydrogen) atoms. The summed E-state index contributed by atoms with van der Waals surface area (Å²) in [5.74, 6) is -1.01. The SMILES string of the molecule is C.Cc1cc(NC(=O)OC(C)(C)C)nc(C)c1CNC(=O)C(=O)NNC(=O)Cc1cc(I)c2ncc(Cl)cc2c1.Cc1cc(NC(=O)OC(C)(C)C)nc(C)c1CNC(=O)c1nnc(Cc2cc(I)c3ncc(Cl)cc3c2)o1.ClCCCl. The largest absolute Gasteiger partial charge is 0.444 e. The summed E-state index contributed by atoms with van der Waals surface area (Å²) in [6.07, 6.45) is 2.27. The van der Waals surface area contributed by atoms with E-state index in [4.69, 9.17) is 60.3 Å². The summed E-state index contributed by atoms with van der Waals surface area (Å²) < 4.78 is 17.9. The lowest BCUT2D eigenvalue weighted by molar-refractivity contribution is -0.140. The maximum atomic E-state index is 12.7. The van der Waals surface area contributed by atoms with Crippen molar-refractivity contribution in [1.82, 2.24) is 51.6 Å². The molecule has 21 nitrogen and oxygen atoms in total. The van der Waals surface area contributed by atoms with Gasteiger partial charge in [0.2, 0.25) is 11.8 Å². The molecule has 6 N–H and O–H groups in total. The molecule has 5 aromatic heterocycles. The number of benzene rings is 2. The minimum Gasteiger partial charge on any atom is -0.444 e. The van der Waals surface area contributed by atoms with E-state index in [9.17, 15) is 28.8 Å². The number of aryl methyl sites for hydroxylation is 4. The van der Waals surface area contributed by atoms with Gasteiger partial charge < -0.3 is 24.5 Å². The van der Waals surface area contributed by atoms with Gasteiger partial charge in [0.25, 0.3) is 0 Å². The van der Waals surface area contributed by atoms with Crippen molar-refractivity contribution in [3.8, 4) is 0 Å². The molecule has 0 atom stereocenters. The fourth-order valence-corrected chi connectivity index (χ4v) is 9.40. The zero-order chi connectivity index (χ0) is 59.9. The number of nitrogens with zero attached hydrogens (tertiary/aromatic N) is 6. The average Bonchev–Trinajstić information content (AvgIpc) is 3.84. The molecular weight excluding hydrogens is 1370 g/mol. The van der Waals surface area contributed by atoms with Gasteiger partial charge in [-0.3, -0.25) is 50.6 Å². The summed E-state index contributed by atoms with van der Waals surface area (Å²) in [6, 6.07) is 14.5. The first-order valence-corrected chi connectivity index (χ1v) is 28.5. The second-order valence-corrected chi connectivity index (χ2v) is 23.7. The quantitative estimate of drug-likeness (QED) is 0.0287. The molecule has 2 aromatic carbocycles. The average molecular weight is 1430 g/mol. The van der Waals surface area contributed by atoms with Gasteiger partial charge >= 0.3 is 35.8 Å². The molecule has 0 spiro atoms. The first kappa shape index (κ1) is 68.2. The monoisotopic (exact) mass is 1430 g/mol. The number of carbonyl (C=O) groups is 6. The van der Waals surface area contributed by atoms with Gasteiger partial charge in [0.15, 0.2) is 0 Å². The molecule has 6 amide bonds. The fraction of sp³-hybridized carbons (Fsp3) is 0.345. The highest BCUT2D eigenvalue weighted by Gasteiger charge is 2.22. The zero-order valence-electron chi connectivity index (χ0n) is 45.6. The van der Waals surface area contributed by atoms with Crippen LogP contribution in [0.1, 0.15) is 110 Å². The Morgan fingerprint density at radius 2 is 1.07 bits per heavy atom. The van der Waals surface area contributed by atoms with Crippen LogP contribution in [0.2, 0.25) is 10.0 Å². The normalized spacial score (nSPS) is 10.9. The molecule has 0 aliphatic carbocycles. The van der Waals surface area contributed by atoms with Gasteiger partial charge in [-0.2, -0.15) is 0 Å². The van der Waals surface area contributed by atoms with Crippen LogP contribution in [0, 0.1) is 34.8 Å². The van der Waals surface area contributed by atoms with E-state index in [-0.39, 0.29) is 32.8 Å². The maximum Gasteiger partial charge on any atom is 0.413 e. The Labute approximate surface area is 521 Å². The van der Waals surface area contributed by atoms with Crippen molar-refractivity contribution in [2.24, 2.45) is 0 Å². The molecule has 0 aliphatic rings. The third kappa shape index (κ3) is 21.5. The second kappa shape index (κ2) is 30.9. The van der Waals surface area contributed by atoms with Crippen molar-refractivity contribution in [3.63, 3.8) is 0 Å². The number of rotatable bonds is 12. The Hall–Kier alpha value is -6.26. The highest BCUT2D eigenvalue weighted by atomic mass is 127. The molecule has 27 heteroatoms. The van der Waals surface area contributed by atoms with E-state index < -0.39 is 47.0 Å². The first-order valence-electron chi connectivity index (χ1n) is 24.5. The molecule has 438 valence electrons. The highest BCUT2D eigenvalue weighted by molar-refractivity contribution is 14.1. The van der Waals surface area contributed by atoms with Crippen molar-refractivity contribution < 1.29 is 42.7 Å². The van der Waals surface area contributed by atoms with E-state index in [2.05, 4.69) is 107 Å². The smallest absolute Gasteiger partial charge is 0.413 e. The molecule has 7 aromatic rings. The van der Waals surface area contributed by atoms with E-state index in [0.29, 0.717) is 68.3 Å². The van der Waals surface area contributed by atoms with Gasteiger partial charge in [0.1, 0.15) is 22.8 Å². The highest BCUT2D eigenvalue weighted by Crippen LogP contribution is 2.27. The van der Waals surface area contributed by atoms with Gasteiger partial charge in [-0.15, -0.1) is 33.4 Å². The topological polar surface area (TPSA) is 284 Å². The van der Waals surface area contributed by atoms with Crippen LogP contribution in [-0.4, -0.2) is 88.9 Å². The number of pyridine rings is 4. The lowest BCUT2D eigenvalue weighted by Crippen LogP contribution is -2.48. The van der Waals surface area contributed by atoms with Crippen LogP contribution < -0.4 is 32.1 Å². The second-order valence-electron chi connectivity index (χ2n) is 19.7. The van der Waals surface area contributed by atoms with Crippen molar-refractivity contribution >= 4 is 161 Å². The Kier molecular flexibility index (Phi) is 25.7. The van der Waals surface area contributed by atoms with Crippen LogP contribution in [0.3, 0.4) is 0 Å². The van der Waals surface area contributed by atoms with E-state index in [1.807, 2.05) is 31.2 Å². The molecular formula is C55H62Cl4I2N12O9. The predicted molar refractivity (Wildman–Crippen MR) is 334 cm³/mol.